The molecule has 0 aromatic heterocycles. The van der Waals surface area contributed by atoms with Crippen LogP contribution in [0, 0.1) is 12.8 Å². The summed E-state index contributed by atoms with van der Waals surface area (Å²) in [5, 5.41) is 2.90. The van der Waals surface area contributed by atoms with Gasteiger partial charge in [0.2, 0.25) is 5.91 Å². The molecule has 0 aliphatic carbocycles. The molecule has 0 fully saturated rings. The summed E-state index contributed by atoms with van der Waals surface area (Å²) in [5.41, 5.74) is 8.35. The molecule has 1 rings (SSSR count). The Kier molecular flexibility index (Phi) is 5.86. The minimum absolute atomic E-state index is 0.0444. The molecular weight excluding hydrogens is 224 g/mol. The standard InChI is InChI=1S/C15H24N2O/c1-4-12(3)14(16)15(18)17-9-8-13-7-5-6-11(2)10-13/h5-7,10,12,14H,4,8-9,16H2,1-3H3,(H,17,18)/t12?,14-/m0/s1. The Morgan fingerprint density at radius 3 is 2.78 bits per heavy atom. The number of rotatable bonds is 6. The first-order valence-corrected chi connectivity index (χ1v) is 6.63. The Balaban J connectivity index is 2.36. The van der Waals surface area contributed by atoms with E-state index in [9.17, 15) is 4.79 Å². The van der Waals surface area contributed by atoms with Crippen LogP contribution in [-0.4, -0.2) is 18.5 Å². The largest absolute Gasteiger partial charge is 0.354 e. The number of hydrogen-bond donors (Lipinski definition) is 2. The normalized spacial score (nSPS) is 14.0. The van der Waals surface area contributed by atoms with Crippen LogP contribution in [0.25, 0.3) is 0 Å². The van der Waals surface area contributed by atoms with Gasteiger partial charge in [-0.1, -0.05) is 50.1 Å². The van der Waals surface area contributed by atoms with E-state index in [4.69, 9.17) is 5.73 Å². The molecule has 3 nitrogen and oxygen atoms in total. The van der Waals surface area contributed by atoms with Crippen molar-refractivity contribution in [3.63, 3.8) is 0 Å². The quantitative estimate of drug-likeness (QED) is 0.809. The first-order valence-electron chi connectivity index (χ1n) is 6.63. The Hall–Kier alpha value is -1.35. The van der Waals surface area contributed by atoms with Gasteiger partial charge < -0.3 is 11.1 Å². The minimum Gasteiger partial charge on any atom is -0.354 e. The van der Waals surface area contributed by atoms with Crippen molar-refractivity contribution in [1.82, 2.24) is 5.32 Å². The molecule has 0 bridgehead atoms. The molecule has 1 amide bonds. The van der Waals surface area contributed by atoms with Crippen LogP contribution in [0.5, 0.6) is 0 Å². The van der Waals surface area contributed by atoms with Crippen LogP contribution in [0.4, 0.5) is 0 Å². The number of nitrogens with one attached hydrogen (secondary N) is 1. The highest BCUT2D eigenvalue weighted by molar-refractivity contribution is 5.81. The zero-order chi connectivity index (χ0) is 13.5. The molecule has 3 N–H and O–H groups in total. The first-order chi connectivity index (χ1) is 8.54. The van der Waals surface area contributed by atoms with Crippen LogP contribution in [0.1, 0.15) is 31.4 Å². The Labute approximate surface area is 110 Å². The van der Waals surface area contributed by atoms with Crippen molar-refractivity contribution in [1.29, 1.82) is 0 Å². The van der Waals surface area contributed by atoms with Crippen molar-refractivity contribution < 1.29 is 4.79 Å². The van der Waals surface area contributed by atoms with E-state index in [2.05, 4.69) is 30.4 Å². The summed E-state index contributed by atoms with van der Waals surface area (Å²) in [6.07, 6.45) is 1.77. The van der Waals surface area contributed by atoms with E-state index in [-0.39, 0.29) is 11.8 Å². The smallest absolute Gasteiger partial charge is 0.237 e. The number of benzene rings is 1. The summed E-state index contributed by atoms with van der Waals surface area (Å²) < 4.78 is 0. The lowest BCUT2D eigenvalue weighted by molar-refractivity contribution is -0.123. The molecule has 1 unspecified atom stereocenters. The lowest BCUT2D eigenvalue weighted by Crippen LogP contribution is -2.45. The summed E-state index contributed by atoms with van der Waals surface area (Å²) in [7, 11) is 0. The highest BCUT2D eigenvalue weighted by Gasteiger charge is 2.18. The van der Waals surface area contributed by atoms with Gasteiger partial charge >= 0.3 is 0 Å². The summed E-state index contributed by atoms with van der Waals surface area (Å²) in [6, 6.07) is 7.93. The van der Waals surface area contributed by atoms with Crippen molar-refractivity contribution in [3.8, 4) is 0 Å². The van der Waals surface area contributed by atoms with Crippen LogP contribution in [0.15, 0.2) is 24.3 Å². The van der Waals surface area contributed by atoms with Gasteiger partial charge in [-0.2, -0.15) is 0 Å². The number of carbonyl (C=O) groups excluding carboxylic acids is 1. The number of aryl methyl sites for hydroxylation is 1. The van der Waals surface area contributed by atoms with Crippen molar-refractivity contribution in [2.75, 3.05) is 6.54 Å². The first kappa shape index (κ1) is 14.7. The predicted molar refractivity (Wildman–Crippen MR) is 75.3 cm³/mol. The topological polar surface area (TPSA) is 55.1 Å². The lowest BCUT2D eigenvalue weighted by Gasteiger charge is -2.17. The van der Waals surface area contributed by atoms with Gasteiger partial charge in [-0.15, -0.1) is 0 Å². The summed E-state index contributed by atoms with van der Waals surface area (Å²) in [4.78, 5) is 11.8. The third-order valence-corrected chi connectivity index (χ3v) is 3.36. The van der Waals surface area contributed by atoms with E-state index in [1.165, 1.54) is 11.1 Å². The maximum Gasteiger partial charge on any atom is 0.237 e. The molecule has 1 aromatic carbocycles. The molecule has 0 heterocycles. The van der Waals surface area contributed by atoms with Crippen molar-refractivity contribution in [2.45, 2.75) is 39.7 Å². The molecule has 0 radical (unpaired) electrons. The molecule has 2 atom stereocenters. The van der Waals surface area contributed by atoms with Crippen molar-refractivity contribution >= 4 is 5.91 Å². The van der Waals surface area contributed by atoms with Gasteiger partial charge in [0.15, 0.2) is 0 Å². The summed E-state index contributed by atoms with van der Waals surface area (Å²) >= 11 is 0. The lowest BCUT2D eigenvalue weighted by atomic mass is 9.99. The van der Waals surface area contributed by atoms with Gasteiger partial charge in [0, 0.05) is 6.54 Å². The van der Waals surface area contributed by atoms with Gasteiger partial charge in [-0.25, -0.2) is 0 Å². The average Bonchev–Trinajstić information content (AvgIpc) is 2.36. The zero-order valence-electron chi connectivity index (χ0n) is 11.6. The molecule has 100 valence electrons. The fourth-order valence-corrected chi connectivity index (χ4v) is 1.83. The fourth-order valence-electron chi connectivity index (χ4n) is 1.83. The molecule has 0 saturated carbocycles. The van der Waals surface area contributed by atoms with E-state index in [1.807, 2.05) is 19.9 Å². The van der Waals surface area contributed by atoms with Gasteiger partial charge in [0.05, 0.1) is 6.04 Å². The molecule has 0 aliphatic rings. The number of nitrogens with two attached hydrogens (primary N) is 1. The van der Waals surface area contributed by atoms with Crippen molar-refractivity contribution in [3.05, 3.63) is 35.4 Å². The van der Waals surface area contributed by atoms with Gasteiger partial charge in [0.1, 0.15) is 0 Å². The second-order valence-electron chi connectivity index (χ2n) is 4.94. The van der Waals surface area contributed by atoms with E-state index in [0.29, 0.717) is 6.54 Å². The molecule has 0 aliphatic heterocycles. The van der Waals surface area contributed by atoms with Crippen LogP contribution < -0.4 is 11.1 Å². The summed E-state index contributed by atoms with van der Waals surface area (Å²) in [6.45, 7) is 6.77. The monoisotopic (exact) mass is 248 g/mol. The number of hydrogen-bond acceptors (Lipinski definition) is 2. The highest BCUT2D eigenvalue weighted by atomic mass is 16.2. The van der Waals surface area contributed by atoms with E-state index in [0.717, 1.165) is 12.8 Å². The SMILES string of the molecule is CCC(C)[C@H](N)C(=O)NCCc1cccc(C)c1. The van der Waals surface area contributed by atoms with Crippen LogP contribution in [-0.2, 0) is 11.2 Å². The van der Waals surface area contributed by atoms with Gasteiger partial charge in [-0.05, 0) is 24.8 Å². The van der Waals surface area contributed by atoms with Gasteiger partial charge in [-0.3, -0.25) is 4.79 Å². The zero-order valence-corrected chi connectivity index (χ0v) is 11.6. The molecule has 1 aromatic rings. The Morgan fingerprint density at radius 2 is 2.17 bits per heavy atom. The van der Waals surface area contributed by atoms with Crippen LogP contribution in [0.3, 0.4) is 0 Å². The van der Waals surface area contributed by atoms with E-state index in [1.54, 1.807) is 0 Å². The fraction of sp³-hybridized carbons (Fsp3) is 0.533. The average molecular weight is 248 g/mol. The van der Waals surface area contributed by atoms with E-state index < -0.39 is 6.04 Å². The third-order valence-electron chi connectivity index (χ3n) is 3.36. The maximum atomic E-state index is 11.8. The van der Waals surface area contributed by atoms with Crippen LogP contribution in [0.2, 0.25) is 0 Å². The highest BCUT2D eigenvalue weighted by Crippen LogP contribution is 2.06. The summed E-state index contributed by atoms with van der Waals surface area (Å²) in [5.74, 6) is 0.181. The Morgan fingerprint density at radius 1 is 1.44 bits per heavy atom. The Bertz CT molecular complexity index is 390. The molecule has 0 saturated heterocycles. The third kappa shape index (κ3) is 4.49. The van der Waals surface area contributed by atoms with Gasteiger partial charge in [0.25, 0.3) is 0 Å². The van der Waals surface area contributed by atoms with Crippen LogP contribution >= 0.6 is 0 Å². The maximum absolute atomic E-state index is 11.8. The number of amides is 1. The van der Waals surface area contributed by atoms with Crippen molar-refractivity contribution in [2.24, 2.45) is 11.7 Å². The second kappa shape index (κ2) is 7.17. The number of carbonyl (C=O) groups is 1. The molecular formula is C15H24N2O. The molecule has 0 spiro atoms. The second-order valence-corrected chi connectivity index (χ2v) is 4.94. The van der Waals surface area contributed by atoms with E-state index >= 15 is 0 Å². The predicted octanol–water partition coefficient (Wildman–Crippen LogP) is 2.03. The minimum atomic E-state index is -0.396. The molecule has 3 heteroatoms. The molecule has 18 heavy (non-hydrogen) atoms.